The highest BCUT2D eigenvalue weighted by atomic mass is 19.1. The van der Waals surface area contributed by atoms with Gasteiger partial charge < -0.3 is 19.5 Å². The largest absolute Gasteiger partial charge is 0.493 e. The number of hydrogen-bond acceptors (Lipinski definition) is 4. The molecule has 2 aromatic carbocycles. The van der Waals surface area contributed by atoms with E-state index in [0.29, 0.717) is 30.2 Å². The molecule has 0 saturated carbocycles. The van der Waals surface area contributed by atoms with Crippen molar-refractivity contribution < 1.29 is 23.4 Å². The number of amides is 1. The lowest BCUT2D eigenvalue weighted by Gasteiger charge is -2.18. The van der Waals surface area contributed by atoms with Crippen LogP contribution in [-0.4, -0.2) is 32.3 Å². The molecule has 1 atom stereocenters. The van der Waals surface area contributed by atoms with E-state index in [0.717, 1.165) is 0 Å². The minimum absolute atomic E-state index is 0.226. The van der Waals surface area contributed by atoms with Crippen molar-refractivity contribution in [3.8, 4) is 17.2 Å². The molecule has 0 aliphatic rings. The number of para-hydroxylation sites is 2. The molecule has 0 heterocycles. The van der Waals surface area contributed by atoms with Gasteiger partial charge in [-0.2, -0.15) is 0 Å². The van der Waals surface area contributed by atoms with Gasteiger partial charge in [-0.15, -0.1) is 0 Å². The lowest BCUT2D eigenvalue weighted by Crippen LogP contribution is -2.39. The fourth-order valence-corrected chi connectivity index (χ4v) is 2.18. The third-order valence-electron chi connectivity index (χ3n) is 3.49. The van der Waals surface area contributed by atoms with E-state index in [9.17, 15) is 9.18 Å². The lowest BCUT2D eigenvalue weighted by molar-refractivity contribution is -0.128. The van der Waals surface area contributed by atoms with E-state index in [1.54, 1.807) is 19.2 Å². The number of carbonyl (C=O) groups is 1. The molecule has 6 heteroatoms. The second kappa shape index (κ2) is 9.52. The molecule has 0 aromatic heterocycles. The van der Waals surface area contributed by atoms with Gasteiger partial charge in [-0.25, -0.2) is 4.39 Å². The summed E-state index contributed by atoms with van der Waals surface area (Å²) in [4.78, 5) is 12.3. The van der Waals surface area contributed by atoms with Gasteiger partial charge in [0, 0.05) is 0 Å². The van der Waals surface area contributed by atoms with Gasteiger partial charge in [0.05, 0.1) is 13.7 Å². The van der Waals surface area contributed by atoms with E-state index in [1.807, 2.05) is 19.1 Å². The zero-order valence-corrected chi connectivity index (χ0v) is 14.3. The maximum Gasteiger partial charge on any atom is 0.261 e. The molecule has 0 aliphatic carbocycles. The average Bonchev–Trinajstić information content (AvgIpc) is 2.64. The highest BCUT2D eigenvalue weighted by Gasteiger charge is 2.19. The van der Waals surface area contributed by atoms with Gasteiger partial charge in [-0.05, 0) is 42.8 Å². The van der Waals surface area contributed by atoms with Crippen molar-refractivity contribution >= 4 is 5.91 Å². The third-order valence-corrected chi connectivity index (χ3v) is 3.49. The van der Waals surface area contributed by atoms with Crippen LogP contribution >= 0.6 is 0 Å². The molecule has 1 N–H and O–H groups in total. The van der Waals surface area contributed by atoms with Crippen LogP contribution in [0.25, 0.3) is 0 Å². The number of hydrogen-bond donors (Lipinski definition) is 1. The third kappa shape index (κ3) is 5.67. The Labute approximate surface area is 146 Å². The van der Waals surface area contributed by atoms with Gasteiger partial charge in [-0.1, -0.05) is 19.1 Å². The first-order chi connectivity index (χ1) is 12.1. The molecule has 2 rings (SSSR count). The fourth-order valence-electron chi connectivity index (χ4n) is 2.18. The van der Waals surface area contributed by atoms with Crippen molar-refractivity contribution in [3.63, 3.8) is 0 Å². The molecule has 0 spiro atoms. The van der Waals surface area contributed by atoms with E-state index in [-0.39, 0.29) is 18.3 Å². The van der Waals surface area contributed by atoms with Crippen LogP contribution in [0.3, 0.4) is 0 Å². The van der Waals surface area contributed by atoms with Gasteiger partial charge in [0.15, 0.2) is 17.6 Å². The second-order valence-corrected chi connectivity index (χ2v) is 5.26. The fraction of sp³-hybridized carbons (Fsp3) is 0.316. The van der Waals surface area contributed by atoms with Crippen LogP contribution in [0.5, 0.6) is 17.2 Å². The van der Waals surface area contributed by atoms with Crippen molar-refractivity contribution in [1.82, 2.24) is 5.32 Å². The lowest BCUT2D eigenvalue weighted by atomic mass is 10.2. The standard InChI is InChI=1S/C19H22FNO4/c1-3-16(25-18-7-5-4-6-17(18)23-2)19(22)21-12-13-24-15-10-8-14(20)9-11-15/h4-11,16H,3,12-13H2,1-2H3,(H,21,22)/t16-/m1/s1. The molecule has 0 aliphatic heterocycles. The molecule has 0 bridgehead atoms. The normalized spacial score (nSPS) is 11.5. The van der Waals surface area contributed by atoms with Gasteiger partial charge in [0.25, 0.3) is 5.91 Å². The first-order valence-electron chi connectivity index (χ1n) is 8.09. The monoisotopic (exact) mass is 347 g/mol. The van der Waals surface area contributed by atoms with E-state index in [4.69, 9.17) is 14.2 Å². The Hall–Kier alpha value is -2.76. The zero-order valence-electron chi connectivity index (χ0n) is 14.3. The van der Waals surface area contributed by atoms with Crippen LogP contribution in [0.15, 0.2) is 48.5 Å². The highest BCUT2D eigenvalue weighted by molar-refractivity contribution is 5.81. The molecule has 0 radical (unpaired) electrons. The zero-order chi connectivity index (χ0) is 18.1. The molecule has 1 amide bonds. The number of carbonyl (C=O) groups excluding carboxylic acids is 1. The van der Waals surface area contributed by atoms with Gasteiger partial charge in [0.1, 0.15) is 18.2 Å². The summed E-state index contributed by atoms with van der Waals surface area (Å²) >= 11 is 0. The van der Waals surface area contributed by atoms with Crippen LogP contribution in [0.4, 0.5) is 4.39 Å². The Morgan fingerprint density at radius 2 is 1.80 bits per heavy atom. The average molecular weight is 347 g/mol. The van der Waals surface area contributed by atoms with E-state index in [1.165, 1.54) is 24.3 Å². The molecule has 2 aromatic rings. The molecule has 134 valence electrons. The number of rotatable bonds is 9. The van der Waals surface area contributed by atoms with Crippen LogP contribution in [0, 0.1) is 5.82 Å². The van der Waals surface area contributed by atoms with Crippen molar-refractivity contribution in [2.24, 2.45) is 0 Å². The molecular formula is C19H22FNO4. The number of benzene rings is 2. The minimum atomic E-state index is -0.623. The Bertz CT molecular complexity index is 675. The Morgan fingerprint density at radius 3 is 2.44 bits per heavy atom. The van der Waals surface area contributed by atoms with Crippen molar-refractivity contribution in [1.29, 1.82) is 0 Å². The SMILES string of the molecule is CC[C@@H](Oc1ccccc1OC)C(=O)NCCOc1ccc(F)cc1. The van der Waals surface area contributed by atoms with Crippen LogP contribution in [-0.2, 0) is 4.79 Å². The van der Waals surface area contributed by atoms with Crippen LogP contribution in [0.2, 0.25) is 0 Å². The summed E-state index contributed by atoms with van der Waals surface area (Å²) in [5.41, 5.74) is 0. The minimum Gasteiger partial charge on any atom is -0.493 e. The highest BCUT2D eigenvalue weighted by Crippen LogP contribution is 2.27. The quantitative estimate of drug-likeness (QED) is 0.708. The molecule has 5 nitrogen and oxygen atoms in total. The summed E-state index contributed by atoms with van der Waals surface area (Å²) in [5, 5.41) is 2.77. The van der Waals surface area contributed by atoms with Gasteiger partial charge >= 0.3 is 0 Å². The predicted octanol–water partition coefficient (Wildman–Crippen LogP) is 3.19. The number of nitrogens with one attached hydrogen (secondary N) is 1. The topological polar surface area (TPSA) is 56.8 Å². The summed E-state index contributed by atoms with van der Waals surface area (Å²) in [6.45, 7) is 2.47. The number of methoxy groups -OCH3 is 1. The summed E-state index contributed by atoms with van der Waals surface area (Å²) in [6, 6.07) is 12.9. The maximum absolute atomic E-state index is 12.8. The molecular weight excluding hydrogens is 325 g/mol. The van der Waals surface area contributed by atoms with Crippen molar-refractivity contribution in [2.75, 3.05) is 20.3 Å². The molecule has 0 unspecified atom stereocenters. The summed E-state index contributed by atoms with van der Waals surface area (Å²) in [6.07, 6.45) is -0.106. The van der Waals surface area contributed by atoms with E-state index >= 15 is 0 Å². The summed E-state index contributed by atoms with van der Waals surface area (Å²) in [7, 11) is 1.55. The second-order valence-electron chi connectivity index (χ2n) is 5.26. The smallest absolute Gasteiger partial charge is 0.261 e. The molecule has 0 fully saturated rings. The summed E-state index contributed by atoms with van der Waals surface area (Å²) in [5.74, 6) is 1.10. The summed E-state index contributed by atoms with van der Waals surface area (Å²) < 4.78 is 29.2. The first kappa shape index (κ1) is 18.6. The van der Waals surface area contributed by atoms with Gasteiger partial charge in [-0.3, -0.25) is 4.79 Å². The maximum atomic E-state index is 12.8. The first-order valence-corrected chi connectivity index (χ1v) is 8.09. The van der Waals surface area contributed by atoms with E-state index in [2.05, 4.69) is 5.32 Å². The molecule has 0 saturated heterocycles. The van der Waals surface area contributed by atoms with E-state index < -0.39 is 6.10 Å². The predicted molar refractivity (Wildman–Crippen MR) is 92.6 cm³/mol. The van der Waals surface area contributed by atoms with Gasteiger partial charge in [0.2, 0.25) is 0 Å². The number of ether oxygens (including phenoxy) is 3. The Balaban J connectivity index is 1.80. The van der Waals surface area contributed by atoms with Crippen molar-refractivity contribution in [2.45, 2.75) is 19.4 Å². The van der Waals surface area contributed by atoms with Crippen LogP contribution < -0.4 is 19.5 Å². The van der Waals surface area contributed by atoms with Crippen molar-refractivity contribution in [3.05, 3.63) is 54.3 Å². The van der Waals surface area contributed by atoms with Crippen LogP contribution in [0.1, 0.15) is 13.3 Å². The Kier molecular flexibility index (Phi) is 7.07. The number of halogens is 1. The Morgan fingerprint density at radius 1 is 1.12 bits per heavy atom. The molecule has 25 heavy (non-hydrogen) atoms.